The lowest BCUT2D eigenvalue weighted by atomic mass is 10.1. The van der Waals surface area contributed by atoms with E-state index in [2.05, 4.69) is 15.3 Å². The molecule has 0 unspecified atom stereocenters. The van der Waals surface area contributed by atoms with Gasteiger partial charge in [-0.05, 0) is 0 Å². The van der Waals surface area contributed by atoms with E-state index in [-0.39, 0.29) is 11.5 Å². The summed E-state index contributed by atoms with van der Waals surface area (Å²) in [4.78, 5) is 28.3. The van der Waals surface area contributed by atoms with Crippen molar-refractivity contribution in [2.75, 3.05) is 5.32 Å². The summed E-state index contributed by atoms with van der Waals surface area (Å²) in [5, 5.41) is 2.48. The minimum Gasteiger partial charge on any atom is -0.320 e. The van der Waals surface area contributed by atoms with Crippen LogP contribution in [-0.2, 0) is 11.2 Å². The Morgan fingerprint density at radius 3 is 3.00 bits per heavy atom. The van der Waals surface area contributed by atoms with Crippen molar-refractivity contribution in [2.24, 2.45) is 0 Å². The van der Waals surface area contributed by atoms with Gasteiger partial charge in [0.05, 0.1) is 12.0 Å². The first-order chi connectivity index (χ1) is 5.77. The number of nitrogens with one attached hydrogen (secondary N) is 2. The molecule has 2 heterocycles. The molecule has 12 heavy (non-hydrogen) atoms. The Labute approximate surface area is 67.8 Å². The average molecular weight is 165 g/mol. The molecule has 62 valence electrons. The van der Waals surface area contributed by atoms with Crippen molar-refractivity contribution >= 4 is 11.6 Å². The first kappa shape index (κ1) is 7.02. The molecule has 2 N–H and O–H groups in total. The van der Waals surface area contributed by atoms with Gasteiger partial charge in [0.25, 0.3) is 5.56 Å². The molecule has 1 amide bonds. The molecular weight excluding hydrogens is 158 g/mol. The van der Waals surface area contributed by atoms with Gasteiger partial charge in [-0.2, -0.15) is 0 Å². The highest BCUT2D eigenvalue weighted by atomic mass is 16.2. The number of H-pyrrole nitrogens is 1. The normalized spacial score (nSPS) is 15.2. The second kappa shape index (κ2) is 2.44. The number of anilines is 1. The van der Waals surface area contributed by atoms with E-state index < -0.39 is 0 Å². The van der Waals surface area contributed by atoms with Crippen LogP contribution in [0, 0.1) is 0 Å². The molecule has 1 aliphatic rings. The first-order valence-electron chi connectivity index (χ1n) is 3.64. The number of nitrogens with zero attached hydrogens (tertiary/aromatic N) is 1. The summed E-state index contributed by atoms with van der Waals surface area (Å²) in [6.45, 7) is 0. The van der Waals surface area contributed by atoms with Gasteiger partial charge in [0.15, 0.2) is 0 Å². The predicted octanol–water partition coefficient (Wildman–Crippen LogP) is -0.345. The molecule has 0 saturated carbocycles. The highest BCUT2D eigenvalue weighted by Gasteiger charge is 2.17. The van der Waals surface area contributed by atoms with Crippen molar-refractivity contribution in [1.29, 1.82) is 0 Å². The zero-order chi connectivity index (χ0) is 8.55. The van der Waals surface area contributed by atoms with Crippen molar-refractivity contribution in [3.05, 3.63) is 22.4 Å². The number of aromatic amines is 1. The summed E-state index contributed by atoms with van der Waals surface area (Å²) in [6, 6.07) is 0. The van der Waals surface area contributed by atoms with Crippen LogP contribution in [0.25, 0.3) is 0 Å². The van der Waals surface area contributed by atoms with Gasteiger partial charge in [0.1, 0.15) is 5.69 Å². The molecule has 1 aromatic heterocycles. The molecule has 0 aliphatic carbocycles. The maximum absolute atomic E-state index is 11.1. The first-order valence-corrected chi connectivity index (χ1v) is 3.64. The lowest BCUT2D eigenvalue weighted by Gasteiger charge is -2.13. The standard InChI is InChI=1S/C7H7N3O2/c11-5-2-1-4-6(10-5)7(12)9-3-8-4/h3H,1-2H2,(H,10,11)(H,8,9,12). The van der Waals surface area contributed by atoms with Crippen LogP contribution in [0.1, 0.15) is 12.1 Å². The number of amides is 1. The molecule has 0 spiro atoms. The number of rotatable bonds is 0. The monoisotopic (exact) mass is 165 g/mol. The van der Waals surface area contributed by atoms with Crippen LogP contribution in [0.3, 0.4) is 0 Å². The Morgan fingerprint density at radius 1 is 1.33 bits per heavy atom. The fourth-order valence-electron chi connectivity index (χ4n) is 1.19. The van der Waals surface area contributed by atoms with Crippen LogP contribution in [0.2, 0.25) is 0 Å². The lowest BCUT2D eigenvalue weighted by Crippen LogP contribution is -2.26. The SMILES string of the molecule is O=C1CCc2nc[nH]c(=O)c2N1. The van der Waals surface area contributed by atoms with E-state index >= 15 is 0 Å². The van der Waals surface area contributed by atoms with Gasteiger partial charge >= 0.3 is 0 Å². The molecule has 0 radical (unpaired) electrons. The number of aryl methyl sites for hydroxylation is 1. The van der Waals surface area contributed by atoms with Crippen LogP contribution in [0.4, 0.5) is 5.69 Å². The molecule has 2 rings (SSSR count). The van der Waals surface area contributed by atoms with Crippen LogP contribution in [-0.4, -0.2) is 15.9 Å². The molecule has 1 aromatic rings. The van der Waals surface area contributed by atoms with Gasteiger partial charge in [-0.15, -0.1) is 0 Å². The number of carbonyl (C=O) groups is 1. The highest BCUT2D eigenvalue weighted by molar-refractivity contribution is 5.93. The molecular formula is C7H7N3O2. The summed E-state index contributed by atoms with van der Waals surface area (Å²) in [7, 11) is 0. The molecule has 0 saturated heterocycles. The second-order valence-corrected chi connectivity index (χ2v) is 2.60. The van der Waals surface area contributed by atoms with Gasteiger partial charge < -0.3 is 10.3 Å². The Morgan fingerprint density at radius 2 is 2.17 bits per heavy atom. The minimum absolute atomic E-state index is 0.124. The Bertz CT molecular complexity index is 382. The summed E-state index contributed by atoms with van der Waals surface area (Å²) >= 11 is 0. The number of hydrogen-bond acceptors (Lipinski definition) is 3. The fraction of sp³-hybridized carbons (Fsp3) is 0.286. The van der Waals surface area contributed by atoms with Gasteiger partial charge in [0, 0.05) is 12.8 Å². The smallest absolute Gasteiger partial charge is 0.274 e. The highest BCUT2D eigenvalue weighted by Crippen LogP contribution is 2.13. The maximum atomic E-state index is 11.1. The fourth-order valence-corrected chi connectivity index (χ4v) is 1.19. The molecule has 1 aliphatic heterocycles. The Balaban J connectivity index is 2.57. The van der Waals surface area contributed by atoms with Crippen LogP contribution < -0.4 is 10.9 Å². The Hall–Kier alpha value is -1.65. The van der Waals surface area contributed by atoms with Crippen LogP contribution >= 0.6 is 0 Å². The predicted molar refractivity (Wildman–Crippen MR) is 41.8 cm³/mol. The minimum atomic E-state index is -0.284. The molecule has 0 aromatic carbocycles. The molecule has 0 fully saturated rings. The van der Waals surface area contributed by atoms with E-state index in [0.29, 0.717) is 24.2 Å². The molecule has 5 heteroatoms. The van der Waals surface area contributed by atoms with Gasteiger partial charge in [-0.25, -0.2) is 4.98 Å². The van der Waals surface area contributed by atoms with Gasteiger partial charge in [-0.1, -0.05) is 0 Å². The Kier molecular flexibility index (Phi) is 1.43. The summed E-state index contributed by atoms with van der Waals surface area (Å²) in [5.41, 5.74) is 0.681. The summed E-state index contributed by atoms with van der Waals surface area (Å²) in [6.07, 6.45) is 2.30. The molecule has 5 nitrogen and oxygen atoms in total. The number of aromatic nitrogens is 2. The molecule has 0 atom stereocenters. The topological polar surface area (TPSA) is 74.8 Å². The van der Waals surface area contributed by atoms with E-state index in [0.717, 1.165) is 0 Å². The van der Waals surface area contributed by atoms with E-state index in [9.17, 15) is 9.59 Å². The number of hydrogen-bond donors (Lipinski definition) is 2. The third-order valence-corrected chi connectivity index (χ3v) is 1.78. The van der Waals surface area contributed by atoms with Crippen molar-refractivity contribution in [3.63, 3.8) is 0 Å². The quantitative estimate of drug-likeness (QED) is 0.552. The maximum Gasteiger partial charge on any atom is 0.274 e. The zero-order valence-electron chi connectivity index (χ0n) is 6.26. The third-order valence-electron chi connectivity index (χ3n) is 1.78. The third kappa shape index (κ3) is 0.990. The van der Waals surface area contributed by atoms with Gasteiger partial charge in [-0.3, -0.25) is 9.59 Å². The number of carbonyl (C=O) groups excluding carboxylic acids is 1. The van der Waals surface area contributed by atoms with E-state index in [1.807, 2.05) is 0 Å². The van der Waals surface area contributed by atoms with Crippen molar-refractivity contribution in [1.82, 2.24) is 9.97 Å². The van der Waals surface area contributed by atoms with E-state index in [1.54, 1.807) is 0 Å². The van der Waals surface area contributed by atoms with Crippen molar-refractivity contribution in [3.8, 4) is 0 Å². The zero-order valence-corrected chi connectivity index (χ0v) is 6.26. The number of fused-ring (bicyclic) bond motifs is 1. The summed E-state index contributed by atoms with van der Waals surface area (Å²) < 4.78 is 0. The average Bonchev–Trinajstić information content (AvgIpc) is 2.07. The summed E-state index contributed by atoms with van der Waals surface area (Å²) in [5.74, 6) is -0.124. The molecule has 0 bridgehead atoms. The largest absolute Gasteiger partial charge is 0.320 e. The van der Waals surface area contributed by atoms with Crippen molar-refractivity contribution < 1.29 is 4.79 Å². The second-order valence-electron chi connectivity index (χ2n) is 2.60. The van der Waals surface area contributed by atoms with E-state index in [4.69, 9.17) is 0 Å². The van der Waals surface area contributed by atoms with Crippen LogP contribution in [0.15, 0.2) is 11.1 Å². The van der Waals surface area contributed by atoms with Gasteiger partial charge in [0.2, 0.25) is 5.91 Å². The van der Waals surface area contributed by atoms with E-state index in [1.165, 1.54) is 6.33 Å². The van der Waals surface area contributed by atoms with Crippen molar-refractivity contribution in [2.45, 2.75) is 12.8 Å². The lowest BCUT2D eigenvalue weighted by molar-refractivity contribution is -0.116. The van der Waals surface area contributed by atoms with Crippen LogP contribution in [0.5, 0.6) is 0 Å².